The molecule has 138 valence electrons. The topological polar surface area (TPSA) is 84.9 Å². The highest BCUT2D eigenvalue weighted by Gasteiger charge is 2.05. The van der Waals surface area contributed by atoms with Crippen molar-refractivity contribution < 1.29 is 24.2 Å². The summed E-state index contributed by atoms with van der Waals surface area (Å²) in [6, 6.07) is 15.2. The van der Waals surface area contributed by atoms with Gasteiger partial charge in [0.15, 0.2) is 0 Å². The molecule has 2 rings (SSSR count). The Morgan fingerprint density at radius 2 is 1.65 bits per heavy atom. The van der Waals surface area contributed by atoms with Crippen molar-refractivity contribution >= 4 is 11.9 Å². The minimum Gasteiger partial charge on any atom is -0.490 e. The maximum Gasteiger partial charge on any atom is 0.303 e. The molecular weight excluding hydrogens is 334 g/mol. The van der Waals surface area contributed by atoms with Crippen molar-refractivity contribution in [2.24, 2.45) is 0 Å². The highest BCUT2D eigenvalue weighted by molar-refractivity contribution is 5.80. The molecule has 2 N–H and O–H groups in total. The highest BCUT2D eigenvalue weighted by atomic mass is 16.5. The molecule has 0 atom stereocenters. The quantitative estimate of drug-likeness (QED) is 0.639. The standard InChI is InChI=1S/C20H23NO5/c1-15-4-2-3-5-18(15)26-13-12-25-17-8-6-16(7-9-17)14-21-19(22)10-11-20(23)24/h2-9H,10-14H2,1H3,(H,21,22)(H,23,24). The van der Waals surface area contributed by atoms with E-state index in [1.54, 1.807) is 0 Å². The zero-order chi connectivity index (χ0) is 18.8. The van der Waals surface area contributed by atoms with Crippen molar-refractivity contribution in [2.45, 2.75) is 26.3 Å². The fourth-order valence-electron chi connectivity index (χ4n) is 2.24. The lowest BCUT2D eigenvalue weighted by Gasteiger charge is -2.10. The number of carboxylic acid groups (broad SMARTS) is 1. The minimum absolute atomic E-state index is 0.0165. The van der Waals surface area contributed by atoms with E-state index in [-0.39, 0.29) is 18.7 Å². The third-order valence-corrected chi connectivity index (χ3v) is 3.68. The van der Waals surface area contributed by atoms with Gasteiger partial charge in [-0.3, -0.25) is 9.59 Å². The Balaban J connectivity index is 1.68. The second kappa shape index (κ2) is 10.1. The Labute approximate surface area is 152 Å². The Bertz CT molecular complexity index is 727. The SMILES string of the molecule is Cc1ccccc1OCCOc1ccc(CNC(=O)CCC(=O)O)cc1. The van der Waals surface area contributed by atoms with E-state index >= 15 is 0 Å². The Morgan fingerprint density at radius 1 is 0.962 bits per heavy atom. The average Bonchev–Trinajstić information content (AvgIpc) is 2.64. The van der Waals surface area contributed by atoms with Crippen LogP contribution in [0, 0.1) is 6.92 Å². The molecule has 6 nitrogen and oxygen atoms in total. The molecule has 0 heterocycles. The molecule has 2 aromatic carbocycles. The molecule has 6 heteroatoms. The number of nitrogens with one attached hydrogen (secondary N) is 1. The van der Waals surface area contributed by atoms with Crippen LogP contribution >= 0.6 is 0 Å². The second-order valence-corrected chi connectivity index (χ2v) is 5.78. The smallest absolute Gasteiger partial charge is 0.303 e. The molecule has 0 saturated heterocycles. The largest absolute Gasteiger partial charge is 0.490 e. The van der Waals surface area contributed by atoms with Gasteiger partial charge in [-0.05, 0) is 36.2 Å². The first kappa shape index (κ1) is 19.3. The predicted molar refractivity (Wildman–Crippen MR) is 97.3 cm³/mol. The molecule has 0 saturated carbocycles. The fraction of sp³-hybridized carbons (Fsp3) is 0.300. The molecule has 0 aromatic heterocycles. The zero-order valence-electron chi connectivity index (χ0n) is 14.7. The van der Waals surface area contributed by atoms with Crippen LogP contribution in [-0.2, 0) is 16.1 Å². The molecule has 0 fully saturated rings. The van der Waals surface area contributed by atoms with Gasteiger partial charge in [0.1, 0.15) is 24.7 Å². The van der Waals surface area contributed by atoms with Crippen molar-refractivity contribution in [3.05, 3.63) is 59.7 Å². The van der Waals surface area contributed by atoms with Crippen molar-refractivity contribution in [1.29, 1.82) is 0 Å². The van der Waals surface area contributed by atoms with Crippen LogP contribution in [0.2, 0.25) is 0 Å². The first-order valence-corrected chi connectivity index (χ1v) is 8.43. The molecule has 0 aliphatic rings. The first-order valence-electron chi connectivity index (χ1n) is 8.43. The van der Waals surface area contributed by atoms with E-state index in [9.17, 15) is 9.59 Å². The number of aryl methyl sites for hydroxylation is 1. The summed E-state index contributed by atoms with van der Waals surface area (Å²) >= 11 is 0. The van der Waals surface area contributed by atoms with Crippen LogP contribution in [0.5, 0.6) is 11.5 Å². The normalized spacial score (nSPS) is 10.2. The van der Waals surface area contributed by atoms with Crippen LogP contribution in [0.25, 0.3) is 0 Å². The molecule has 2 aromatic rings. The number of hydrogen-bond acceptors (Lipinski definition) is 4. The van der Waals surface area contributed by atoms with Crippen LogP contribution in [0.4, 0.5) is 0 Å². The van der Waals surface area contributed by atoms with Gasteiger partial charge in [-0.1, -0.05) is 30.3 Å². The van der Waals surface area contributed by atoms with E-state index in [1.165, 1.54) is 0 Å². The van der Waals surface area contributed by atoms with Crippen LogP contribution in [0.15, 0.2) is 48.5 Å². The fourth-order valence-corrected chi connectivity index (χ4v) is 2.24. The number of para-hydroxylation sites is 1. The van der Waals surface area contributed by atoms with Crippen LogP contribution < -0.4 is 14.8 Å². The third-order valence-electron chi connectivity index (χ3n) is 3.68. The number of aliphatic carboxylic acids is 1. The summed E-state index contributed by atoms with van der Waals surface area (Å²) in [6.07, 6.45) is -0.180. The Hall–Kier alpha value is -3.02. The number of benzene rings is 2. The number of carboxylic acids is 1. The number of hydrogen-bond donors (Lipinski definition) is 2. The number of ether oxygens (including phenoxy) is 2. The second-order valence-electron chi connectivity index (χ2n) is 5.78. The molecular formula is C20H23NO5. The van der Waals surface area contributed by atoms with Gasteiger partial charge in [0, 0.05) is 13.0 Å². The summed E-state index contributed by atoms with van der Waals surface area (Å²) in [5.74, 6) is 0.318. The monoisotopic (exact) mass is 357 g/mol. The van der Waals surface area contributed by atoms with Gasteiger partial charge in [0.2, 0.25) is 5.91 Å². The predicted octanol–water partition coefficient (Wildman–Crippen LogP) is 2.93. The molecule has 0 spiro atoms. The summed E-state index contributed by atoms with van der Waals surface area (Å²) in [6.45, 7) is 3.23. The molecule has 0 aliphatic carbocycles. The van der Waals surface area contributed by atoms with E-state index < -0.39 is 5.97 Å². The van der Waals surface area contributed by atoms with Crippen LogP contribution in [0.3, 0.4) is 0 Å². The molecule has 26 heavy (non-hydrogen) atoms. The zero-order valence-corrected chi connectivity index (χ0v) is 14.7. The molecule has 0 unspecified atom stereocenters. The Kier molecular flexibility index (Phi) is 7.49. The lowest BCUT2D eigenvalue weighted by atomic mass is 10.2. The molecule has 1 amide bonds. The lowest BCUT2D eigenvalue weighted by Crippen LogP contribution is -2.23. The van der Waals surface area contributed by atoms with Gasteiger partial charge in [0.25, 0.3) is 0 Å². The van der Waals surface area contributed by atoms with E-state index in [0.29, 0.717) is 19.8 Å². The van der Waals surface area contributed by atoms with E-state index in [2.05, 4.69) is 5.32 Å². The van der Waals surface area contributed by atoms with Crippen LogP contribution in [-0.4, -0.2) is 30.2 Å². The highest BCUT2D eigenvalue weighted by Crippen LogP contribution is 2.16. The van der Waals surface area contributed by atoms with Gasteiger partial charge in [0.05, 0.1) is 6.42 Å². The van der Waals surface area contributed by atoms with Crippen molar-refractivity contribution in [1.82, 2.24) is 5.32 Å². The summed E-state index contributed by atoms with van der Waals surface area (Å²) in [4.78, 5) is 21.9. The summed E-state index contributed by atoms with van der Waals surface area (Å²) in [5.41, 5.74) is 2.00. The molecule has 0 aliphatic heterocycles. The van der Waals surface area contributed by atoms with E-state index in [4.69, 9.17) is 14.6 Å². The van der Waals surface area contributed by atoms with Crippen molar-refractivity contribution in [3.63, 3.8) is 0 Å². The summed E-state index contributed by atoms with van der Waals surface area (Å²) < 4.78 is 11.3. The third kappa shape index (κ3) is 6.84. The van der Waals surface area contributed by atoms with Gasteiger partial charge in [-0.2, -0.15) is 0 Å². The van der Waals surface area contributed by atoms with E-state index in [0.717, 1.165) is 22.6 Å². The average molecular weight is 357 g/mol. The Morgan fingerprint density at radius 3 is 2.35 bits per heavy atom. The minimum atomic E-state index is -0.979. The van der Waals surface area contributed by atoms with Gasteiger partial charge in [-0.15, -0.1) is 0 Å². The van der Waals surface area contributed by atoms with Gasteiger partial charge in [-0.25, -0.2) is 0 Å². The van der Waals surface area contributed by atoms with Crippen molar-refractivity contribution in [3.8, 4) is 11.5 Å². The maximum absolute atomic E-state index is 11.5. The number of carbonyl (C=O) groups is 2. The van der Waals surface area contributed by atoms with Crippen molar-refractivity contribution in [2.75, 3.05) is 13.2 Å². The summed E-state index contributed by atoms with van der Waals surface area (Å²) in [7, 11) is 0. The first-order chi connectivity index (χ1) is 12.5. The summed E-state index contributed by atoms with van der Waals surface area (Å²) in [5, 5.41) is 11.2. The van der Waals surface area contributed by atoms with Crippen LogP contribution in [0.1, 0.15) is 24.0 Å². The lowest BCUT2D eigenvalue weighted by molar-refractivity contribution is -0.138. The molecule has 0 bridgehead atoms. The number of rotatable bonds is 10. The maximum atomic E-state index is 11.5. The van der Waals surface area contributed by atoms with E-state index in [1.807, 2.05) is 55.5 Å². The van der Waals surface area contributed by atoms with Gasteiger partial charge >= 0.3 is 5.97 Å². The molecule has 0 radical (unpaired) electrons. The number of carbonyl (C=O) groups excluding carboxylic acids is 1. The van der Waals surface area contributed by atoms with Gasteiger partial charge < -0.3 is 19.9 Å². The number of amides is 1.